The van der Waals surface area contributed by atoms with Crippen molar-refractivity contribution in [1.29, 1.82) is 5.26 Å². The van der Waals surface area contributed by atoms with Crippen LogP contribution < -0.4 is 5.73 Å². The van der Waals surface area contributed by atoms with Crippen LogP contribution in [0.5, 0.6) is 0 Å². The van der Waals surface area contributed by atoms with Gasteiger partial charge in [0.25, 0.3) is 0 Å². The highest BCUT2D eigenvalue weighted by molar-refractivity contribution is 7.98. The Hall–Kier alpha value is -1.69. The monoisotopic (exact) mass is 339 g/mol. The molecule has 7 nitrogen and oxygen atoms in total. The van der Waals surface area contributed by atoms with Crippen LogP contribution in [-0.4, -0.2) is 62.4 Å². The summed E-state index contributed by atoms with van der Waals surface area (Å²) in [6.07, 6.45) is 1.71. The van der Waals surface area contributed by atoms with Gasteiger partial charge < -0.3 is 24.7 Å². The summed E-state index contributed by atoms with van der Waals surface area (Å²) in [7, 11) is 5.66. The maximum Gasteiger partial charge on any atom is 0.209 e. The van der Waals surface area contributed by atoms with E-state index in [1.807, 2.05) is 31.1 Å². The first-order chi connectivity index (χ1) is 11.1. The zero-order chi connectivity index (χ0) is 17.1. The van der Waals surface area contributed by atoms with Gasteiger partial charge in [0.1, 0.15) is 11.5 Å². The maximum atomic E-state index is 8.60. The second kappa shape index (κ2) is 10.9. The van der Waals surface area contributed by atoms with Crippen LogP contribution in [0.1, 0.15) is 11.5 Å². The molecule has 1 heterocycles. The van der Waals surface area contributed by atoms with E-state index in [-0.39, 0.29) is 5.96 Å². The molecular formula is C15H25N5O2S. The third-order valence-electron chi connectivity index (χ3n) is 2.99. The third-order valence-corrected chi connectivity index (χ3v) is 3.95. The predicted octanol–water partition coefficient (Wildman–Crippen LogP) is 1.32. The Morgan fingerprint density at radius 3 is 2.78 bits per heavy atom. The fourth-order valence-corrected chi connectivity index (χ4v) is 2.76. The van der Waals surface area contributed by atoms with Crippen molar-refractivity contribution >= 4 is 17.7 Å². The minimum Gasteiger partial charge on any atom is -0.464 e. The van der Waals surface area contributed by atoms with Crippen molar-refractivity contribution in [3.05, 3.63) is 23.7 Å². The van der Waals surface area contributed by atoms with Crippen LogP contribution in [0.2, 0.25) is 0 Å². The molecule has 2 N–H and O–H groups in total. The second-order valence-corrected chi connectivity index (χ2v) is 6.31. The van der Waals surface area contributed by atoms with E-state index >= 15 is 0 Å². The molecule has 0 atom stereocenters. The number of hydrogen-bond donors (Lipinski definition) is 1. The van der Waals surface area contributed by atoms with E-state index < -0.39 is 0 Å². The smallest absolute Gasteiger partial charge is 0.209 e. The Labute approximate surface area is 142 Å². The average molecular weight is 339 g/mol. The number of methoxy groups -OCH3 is 1. The quantitative estimate of drug-likeness (QED) is 0.297. The molecule has 0 saturated carbocycles. The van der Waals surface area contributed by atoms with Crippen molar-refractivity contribution in [1.82, 2.24) is 9.80 Å². The molecule has 128 valence electrons. The van der Waals surface area contributed by atoms with E-state index in [4.69, 9.17) is 20.1 Å². The highest BCUT2D eigenvalue weighted by Crippen LogP contribution is 2.16. The predicted molar refractivity (Wildman–Crippen MR) is 92.9 cm³/mol. The number of hydrogen-bond acceptors (Lipinski definition) is 6. The Kier molecular flexibility index (Phi) is 9.21. The summed E-state index contributed by atoms with van der Waals surface area (Å²) < 4.78 is 10.8. The number of rotatable bonds is 10. The van der Waals surface area contributed by atoms with Gasteiger partial charge in [0, 0.05) is 26.0 Å². The van der Waals surface area contributed by atoms with Crippen LogP contribution in [0.25, 0.3) is 0 Å². The largest absolute Gasteiger partial charge is 0.464 e. The standard InChI is InChI=1S/C15H25N5O2S/c1-19(2)10-13-4-5-14(22-13)11-23-9-7-20(6-8-21-3)15(17)18-12-16/h4-5H,6-11H2,1-3H3,(H2,17,18). The molecule has 8 heteroatoms. The third kappa shape index (κ3) is 7.93. The van der Waals surface area contributed by atoms with Crippen molar-refractivity contribution in [2.45, 2.75) is 12.3 Å². The normalized spacial score (nSPS) is 11.7. The Balaban J connectivity index is 2.37. The van der Waals surface area contributed by atoms with E-state index in [0.29, 0.717) is 19.7 Å². The molecule has 1 aromatic heterocycles. The highest BCUT2D eigenvalue weighted by atomic mass is 32.2. The summed E-state index contributed by atoms with van der Waals surface area (Å²) in [6, 6.07) is 4.03. The summed E-state index contributed by atoms with van der Waals surface area (Å²) in [5, 5.41) is 8.60. The number of guanidine groups is 1. The van der Waals surface area contributed by atoms with Gasteiger partial charge in [-0.3, -0.25) is 0 Å². The van der Waals surface area contributed by atoms with Gasteiger partial charge in [0.2, 0.25) is 12.2 Å². The first-order valence-electron chi connectivity index (χ1n) is 7.33. The molecule has 0 unspecified atom stereocenters. The summed E-state index contributed by atoms with van der Waals surface area (Å²) in [5.74, 6) is 3.83. The van der Waals surface area contributed by atoms with Crippen molar-refractivity contribution in [3.8, 4) is 6.19 Å². The van der Waals surface area contributed by atoms with Crippen LogP contribution in [0, 0.1) is 11.5 Å². The van der Waals surface area contributed by atoms with Gasteiger partial charge in [-0.2, -0.15) is 17.0 Å². The number of aliphatic imine (C=N–C) groups is 1. The number of thioether (sulfide) groups is 1. The van der Waals surface area contributed by atoms with Gasteiger partial charge in [-0.05, 0) is 26.2 Å². The summed E-state index contributed by atoms with van der Waals surface area (Å²) in [6.45, 7) is 2.66. The van der Waals surface area contributed by atoms with Crippen LogP contribution in [0.3, 0.4) is 0 Å². The molecule has 0 aromatic carbocycles. The van der Waals surface area contributed by atoms with E-state index in [1.54, 1.807) is 25.1 Å². The van der Waals surface area contributed by atoms with E-state index in [0.717, 1.165) is 29.6 Å². The Morgan fingerprint density at radius 1 is 1.39 bits per heavy atom. The molecule has 0 radical (unpaired) electrons. The molecule has 0 spiro atoms. The van der Waals surface area contributed by atoms with Gasteiger partial charge in [0.05, 0.1) is 18.9 Å². The zero-order valence-corrected chi connectivity index (χ0v) is 14.8. The van der Waals surface area contributed by atoms with Crippen LogP contribution in [0.4, 0.5) is 0 Å². The molecular weight excluding hydrogens is 314 g/mol. The minimum absolute atomic E-state index is 0.233. The van der Waals surface area contributed by atoms with Gasteiger partial charge in [-0.25, -0.2) is 0 Å². The van der Waals surface area contributed by atoms with Crippen LogP contribution in [-0.2, 0) is 17.0 Å². The summed E-state index contributed by atoms with van der Waals surface area (Å²) in [4.78, 5) is 7.50. The number of furan rings is 1. The van der Waals surface area contributed by atoms with Crippen molar-refractivity contribution < 1.29 is 9.15 Å². The van der Waals surface area contributed by atoms with Gasteiger partial charge >= 0.3 is 0 Å². The molecule has 0 amide bonds. The minimum atomic E-state index is 0.233. The molecule has 0 bridgehead atoms. The Morgan fingerprint density at radius 2 is 2.13 bits per heavy atom. The number of nitriles is 1. The van der Waals surface area contributed by atoms with E-state index in [2.05, 4.69) is 9.89 Å². The zero-order valence-electron chi connectivity index (χ0n) is 14.0. The second-order valence-electron chi connectivity index (χ2n) is 5.21. The van der Waals surface area contributed by atoms with Gasteiger partial charge in [-0.15, -0.1) is 4.99 Å². The summed E-state index contributed by atoms with van der Waals surface area (Å²) >= 11 is 1.75. The molecule has 0 aliphatic rings. The first kappa shape index (κ1) is 19.4. The average Bonchev–Trinajstić information content (AvgIpc) is 2.93. The molecule has 23 heavy (non-hydrogen) atoms. The van der Waals surface area contributed by atoms with Crippen molar-refractivity contribution in [2.75, 3.05) is 46.7 Å². The molecule has 0 saturated heterocycles. The first-order valence-corrected chi connectivity index (χ1v) is 8.48. The van der Waals surface area contributed by atoms with Gasteiger partial charge in [0.15, 0.2) is 0 Å². The molecule has 0 fully saturated rings. The van der Waals surface area contributed by atoms with Crippen LogP contribution in [0.15, 0.2) is 21.5 Å². The van der Waals surface area contributed by atoms with E-state index in [1.165, 1.54) is 0 Å². The lowest BCUT2D eigenvalue weighted by molar-refractivity contribution is 0.177. The molecule has 1 aromatic rings. The fourth-order valence-electron chi connectivity index (χ4n) is 1.91. The topological polar surface area (TPSA) is 91.0 Å². The lowest BCUT2D eigenvalue weighted by Gasteiger charge is -2.22. The summed E-state index contributed by atoms with van der Waals surface area (Å²) in [5.41, 5.74) is 5.78. The van der Waals surface area contributed by atoms with Crippen molar-refractivity contribution in [2.24, 2.45) is 10.7 Å². The van der Waals surface area contributed by atoms with E-state index in [9.17, 15) is 0 Å². The lowest BCUT2D eigenvalue weighted by Crippen LogP contribution is -2.40. The van der Waals surface area contributed by atoms with Crippen LogP contribution >= 0.6 is 11.8 Å². The number of ether oxygens (including phenoxy) is 1. The van der Waals surface area contributed by atoms with Gasteiger partial charge in [-0.1, -0.05) is 0 Å². The number of nitrogens with zero attached hydrogens (tertiary/aromatic N) is 4. The fraction of sp³-hybridized carbons (Fsp3) is 0.600. The maximum absolute atomic E-state index is 8.60. The molecule has 1 rings (SSSR count). The number of nitrogens with two attached hydrogens (primary N) is 1. The van der Waals surface area contributed by atoms with Crippen molar-refractivity contribution in [3.63, 3.8) is 0 Å². The lowest BCUT2D eigenvalue weighted by atomic mass is 10.4. The molecule has 0 aliphatic carbocycles. The SMILES string of the molecule is COCCN(CCSCc1ccc(CN(C)C)o1)C(N)=NC#N. The Bertz CT molecular complexity index is 524. The highest BCUT2D eigenvalue weighted by Gasteiger charge is 2.08. The molecule has 0 aliphatic heterocycles.